The van der Waals surface area contributed by atoms with Gasteiger partial charge in [0.25, 0.3) is 0 Å². The SMILES string of the molecule is Nc1ncn(CC(=O)OCCCC(F)(F)F)n1. The van der Waals surface area contributed by atoms with E-state index in [1.54, 1.807) is 0 Å². The van der Waals surface area contributed by atoms with Crippen molar-refractivity contribution in [2.75, 3.05) is 12.3 Å². The highest BCUT2D eigenvalue weighted by Gasteiger charge is 2.26. The van der Waals surface area contributed by atoms with Gasteiger partial charge in [-0.1, -0.05) is 0 Å². The number of nitrogens with two attached hydrogens (primary N) is 1. The fourth-order valence-electron chi connectivity index (χ4n) is 1.02. The number of alkyl halides is 3. The molecule has 0 fully saturated rings. The van der Waals surface area contributed by atoms with Gasteiger partial charge in [0.1, 0.15) is 12.9 Å². The summed E-state index contributed by atoms with van der Waals surface area (Å²) in [6, 6.07) is 0. The van der Waals surface area contributed by atoms with E-state index in [0.717, 1.165) is 4.68 Å². The molecule has 96 valence electrons. The molecule has 0 aromatic carbocycles. The number of aromatic nitrogens is 3. The Morgan fingerprint density at radius 2 is 2.24 bits per heavy atom. The Bertz CT molecular complexity index is 377. The van der Waals surface area contributed by atoms with E-state index in [0.29, 0.717) is 0 Å². The van der Waals surface area contributed by atoms with Crippen LogP contribution in [-0.2, 0) is 16.1 Å². The van der Waals surface area contributed by atoms with Crippen LogP contribution in [0.4, 0.5) is 19.1 Å². The summed E-state index contributed by atoms with van der Waals surface area (Å²) < 4.78 is 41.0. The first kappa shape index (κ1) is 13.3. The number of ether oxygens (including phenoxy) is 1. The van der Waals surface area contributed by atoms with Crippen molar-refractivity contribution in [2.45, 2.75) is 25.6 Å². The minimum Gasteiger partial charge on any atom is -0.464 e. The van der Waals surface area contributed by atoms with Crippen LogP contribution in [0.15, 0.2) is 6.33 Å². The van der Waals surface area contributed by atoms with Gasteiger partial charge in [-0.15, -0.1) is 5.10 Å². The van der Waals surface area contributed by atoms with Crippen LogP contribution in [-0.4, -0.2) is 33.5 Å². The molecule has 0 amide bonds. The molecule has 0 spiro atoms. The van der Waals surface area contributed by atoms with Gasteiger partial charge in [0.2, 0.25) is 5.95 Å². The number of hydrogen-bond donors (Lipinski definition) is 1. The Morgan fingerprint density at radius 3 is 2.76 bits per heavy atom. The highest BCUT2D eigenvalue weighted by Crippen LogP contribution is 2.20. The van der Waals surface area contributed by atoms with Gasteiger partial charge >= 0.3 is 12.1 Å². The lowest BCUT2D eigenvalue weighted by molar-refractivity contribution is -0.150. The highest BCUT2D eigenvalue weighted by atomic mass is 19.4. The van der Waals surface area contributed by atoms with E-state index in [1.165, 1.54) is 6.33 Å². The molecule has 1 heterocycles. The molecule has 1 aromatic rings. The molecule has 0 bridgehead atoms. The molecule has 0 aliphatic carbocycles. The van der Waals surface area contributed by atoms with Crippen molar-refractivity contribution in [1.29, 1.82) is 0 Å². The number of nitrogens with zero attached hydrogens (tertiary/aromatic N) is 3. The van der Waals surface area contributed by atoms with Gasteiger partial charge in [-0.2, -0.15) is 13.2 Å². The number of hydrogen-bond acceptors (Lipinski definition) is 5. The van der Waals surface area contributed by atoms with Crippen molar-refractivity contribution in [3.05, 3.63) is 6.33 Å². The summed E-state index contributed by atoms with van der Waals surface area (Å²) in [6.07, 6.45) is -4.23. The van der Waals surface area contributed by atoms with Crippen LogP contribution in [0, 0.1) is 0 Å². The van der Waals surface area contributed by atoms with Gasteiger partial charge in [-0.25, -0.2) is 9.67 Å². The Kier molecular flexibility index (Phi) is 4.30. The van der Waals surface area contributed by atoms with Crippen LogP contribution in [0.1, 0.15) is 12.8 Å². The zero-order valence-corrected chi connectivity index (χ0v) is 8.78. The van der Waals surface area contributed by atoms with E-state index in [4.69, 9.17) is 5.73 Å². The van der Waals surface area contributed by atoms with Gasteiger partial charge in [0, 0.05) is 6.42 Å². The van der Waals surface area contributed by atoms with Crippen molar-refractivity contribution in [3.8, 4) is 0 Å². The normalized spacial score (nSPS) is 11.5. The molecule has 0 atom stereocenters. The first-order valence-electron chi connectivity index (χ1n) is 4.74. The molecule has 0 radical (unpaired) electrons. The number of anilines is 1. The first-order valence-corrected chi connectivity index (χ1v) is 4.74. The second-order valence-electron chi connectivity index (χ2n) is 3.24. The van der Waals surface area contributed by atoms with Gasteiger partial charge in [0.15, 0.2) is 0 Å². The van der Waals surface area contributed by atoms with Crippen molar-refractivity contribution in [3.63, 3.8) is 0 Å². The summed E-state index contributed by atoms with van der Waals surface area (Å²) in [7, 11) is 0. The molecule has 2 N–H and O–H groups in total. The molecular formula is C8H11F3N4O2. The molecule has 1 aromatic heterocycles. The summed E-state index contributed by atoms with van der Waals surface area (Å²) in [5, 5.41) is 3.62. The fraction of sp³-hybridized carbons (Fsp3) is 0.625. The Balaban J connectivity index is 2.18. The van der Waals surface area contributed by atoms with Crippen molar-refractivity contribution in [2.24, 2.45) is 0 Å². The lowest BCUT2D eigenvalue weighted by atomic mass is 10.3. The summed E-state index contributed by atoms with van der Waals surface area (Å²) in [4.78, 5) is 14.7. The number of halogens is 3. The van der Waals surface area contributed by atoms with E-state index >= 15 is 0 Å². The monoisotopic (exact) mass is 252 g/mol. The molecule has 17 heavy (non-hydrogen) atoms. The van der Waals surface area contributed by atoms with Crippen LogP contribution in [0.25, 0.3) is 0 Å². The van der Waals surface area contributed by atoms with Crippen LogP contribution in [0.3, 0.4) is 0 Å². The predicted octanol–water partition coefficient (Wildman–Crippen LogP) is 0.746. The lowest BCUT2D eigenvalue weighted by Crippen LogP contribution is -2.16. The third-order valence-electron chi connectivity index (χ3n) is 1.71. The van der Waals surface area contributed by atoms with E-state index in [9.17, 15) is 18.0 Å². The number of carbonyl (C=O) groups is 1. The quantitative estimate of drug-likeness (QED) is 0.617. The van der Waals surface area contributed by atoms with Crippen LogP contribution in [0.5, 0.6) is 0 Å². The molecule has 0 saturated carbocycles. The number of esters is 1. The maximum Gasteiger partial charge on any atom is 0.389 e. The van der Waals surface area contributed by atoms with Crippen molar-refractivity contribution < 1.29 is 22.7 Å². The summed E-state index contributed by atoms with van der Waals surface area (Å²) in [5.41, 5.74) is 5.20. The Morgan fingerprint density at radius 1 is 1.53 bits per heavy atom. The maximum atomic E-state index is 11.8. The number of carbonyl (C=O) groups excluding carboxylic acids is 1. The largest absolute Gasteiger partial charge is 0.464 e. The molecule has 0 unspecified atom stereocenters. The Hall–Kier alpha value is -1.80. The second-order valence-corrected chi connectivity index (χ2v) is 3.24. The average Bonchev–Trinajstić information content (AvgIpc) is 2.57. The fourth-order valence-corrected chi connectivity index (χ4v) is 1.02. The van der Waals surface area contributed by atoms with Crippen LogP contribution < -0.4 is 5.73 Å². The molecule has 0 aliphatic rings. The van der Waals surface area contributed by atoms with Crippen molar-refractivity contribution in [1.82, 2.24) is 14.8 Å². The van der Waals surface area contributed by atoms with Gasteiger partial charge < -0.3 is 10.5 Å². The minimum atomic E-state index is -4.23. The summed E-state index contributed by atoms with van der Waals surface area (Å²) >= 11 is 0. The third kappa shape index (κ3) is 5.73. The molecule has 0 aliphatic heterocycles. The Labute approximate surface area is 94.6 Å². The van der Waals surface area contributed by atoms with Gasteiger partial charge in [0.05, 0.1) is 6.61 Å². The van der Waals surface area contributed by atoms with E-state index in [-0.39, 0.29) is 25.5 Å². The summed E-state index contributed by atoms with van der Waals surface area (Å²) in [5.74, 6) is -0.674. The van der Waals surface area contributed by atoms with Crippen molar-refractivity contribution >= 4 is 11.9 Å². The predicted molar refractivity (Wildman–Crippen MR) is 50.7 cm³/mol. The average molecular weight is 252 g/mol. The van der Waals surface area contributed by atoms with Gasteiger partial charge in [-0.05, 0) is 6.42 Å². The molecular weight excluding hydrogens is 241 g/mol. The standard InChI is InChI=1S/C8H11F3N4O2/c9-8(10,11)2-1-3-17-6(16)4-15-5-13-7(12)14-15/h5H,1-4H2,(H2,12,14). The van der Waals surface area contributed by atoms with Crippen LogP contribution >= 0.6 is 0 Å². The third-order valence-corrected chi connectivity index (χ3v) is 1.71. The second kappa shape index (κ2) is 5.51. The van der Waals surface area contributed by atoms with Gasteiger partial charge in [-0.3, -0.25) is 4.79 Å². The van der Waals surface area contributed by atoms with E-state index in [1.807, 2.05) is 0 Å². The lowest BCUT2D eigenvalue weighted by Gasteiger charge is -2.06. The van der Waals surface area contributed by atoms with Crippen LogP contribution in [0.2, 0.25) is 0 Å². The smallest absolute Gasteiger partial charge is 0.389 e. The summed E-state index contributed by atoms with van der Waals surface area (Å²) in [6.45, 7) is -0.501. The topological polar surface area (TPSA) is 83.0 Å². The molecule has 9 heteroatoms. The minimum absolute atomic E-state index is 0.00914. The van der Waals surface area contributed by atoms with E-state index < -0.39 is 18.6 Å². The zero-order chi connectivity index (χ0) is 12.9. The first-order chi connectivity index (χ1) is 7.87. The zero-order valence-electron chi connectivity index (χ0n) is 8.78. The van der Waals surface area contributed by atoms with E-state index in [2.05, 4.69) is 14.8 Å². The number of nitrogen functional groups attached to an aromatic ring is 1. The number of rotatable bonds is 5. The highest BCUT2D eigenvalue weighted by molar-refractivity contribution is 5.68. The molecule has 0 saturated heterocycles. The maximum absolute atomic E-state index is 11.8. The molecule has 1 rings (SSSR count). The molecule has 6 nitrogen and oxygen atoms in total.